The Morgan fingerprint density at radius 2 is 2.00 bits per heavy atom. The number of nitrogens with zero attached hydrogens (tertiary/aromatic N) is 4. The minimum absolute atomic E-state index is 0. The van der Waals surface area contributed by atoms with Gasteiger partial charge in [0.05, 0.1) is 11.6 Å². The van der Waals surface area contributed by atoms with Crippen LogP contribution in [0.4, 0.5) is 0 Å². The van der Waals surface area contributed by atoms with Gasteiger partial charge in [-0.15, -0.1) is 24.8 Å². The molecule has 6 nitrogen and oxygen atoms in total. The van der Waals surface area contributed by atoms with Crippen molar-refractivity contribution in [2.45, 2.75) is 13.0 Å². The van der Waals surface area contributed by atoms with Crippen LogP contribution in [0, 0.1) is 5.92 Å². The molecule has 0 spiro atoms. The molecule has 2 aliphatic rings. The molecule has 2 saturated heterocycles. The second kappa shape index (κ2) is 8.85. The molecule has 1 amide bonds. The van der Waals surface area contributed by atoms with Crippen LogP contribution in [0.3, 0.4) is 0 Å². The number of hydrogen-bond donors (Lipinski definition) is 1. The number of pyridine rings is 1. The Kier molecular flexibility index (Phi) is 7.07. The van der Waals surface area contributed by atoms with Gasteiger partial charge in [0, 0.05) is 51.7 Å². The van der Waals surface area contributed by atoms with E-state index in [4.69, 9.17) is 0 Å². The SMILES string of the molecule is Cl.Cl.O=C(C1CCNC1)N1CCN(Cc2cn3ccccc3n2)CC1. The number of nitrogens with one attached hydrogen (secondary N) is 1. The van der Waals surface area contributed by atoms with Crippen molar-refractivity contribution in [3.8, 4) is 0 Å². The first-order valence-corrected chi connectivity index (χ1v) is 8.44. The molecule has 8 heteroatoms. The quantitative estimate of drug-likeness (QED) is 0.868. The summed E-state index contributed by atoms with van der Waals surface area (Å²) in [5, 5.41) is 3.28. The average molecular weight is 386 g/mol. The van der Waals surface area contributed by atoms with Crippen LogP contribution in [0.5, 0.6) is 0 Å². The number of carbonyl (C=O) groups is 1. The highest BCUT2D eigenvalue weighted by Crippen LogP contribution is 2.15. The van der Waals surface area contributed by atoms with Crippen molar-refractivity contribution in [3.05, 3.63) is 36.3 Å². The van der Waals surface area contributed by atoms with Crippen LogP contribution in [-0.2, 0) is 11.3 Å². The summed E-state index contributed by atoms with van der Waals surface area (Å²) in [6.45, 7) is 6.21. The van der Waals surface area contributed by atoms with Crippen LogP contribution in [0.2, 0.25) is 0 Å². The van der Waals surface area contributed by atoms with Crippen LogP contribution >= 0.6 is 24.8 Å². The number of rotatable bonds is 3. The summed E-state index contributed by atoms with van der Waals surface area (Å²) in [6.07, 6.45) is 5.11. The molecule has 1 N–H and O–H groups in total. The topological polar surface area (TPSA) is 52.9 Å². The fourth-order valence-electron chi connectivity index (χ4n) is 3.54. The molecule has 1 unspecified atom stereocenters. The minimum Gasteiger partial charge on any atom is -0.340 e. The molecule has 0 aliphatic carbocycles. The summed E-state index contributed by atoms with van der Waals surface area (Å²) < 4.78 is 2.06. The Morgan fingerprint density at radius 3 is 2.68 bits per heavy atom. The highest BCUT2D eigenvalue weighted by Gasteiger charge is 2.29. The third-order valence-corrected chi connectivity index (χ3v) is 4.89. The number of aromatic nitrogens is 2. The second-order valence-corrected chi connectivity index (χ2v) is 6.49. The lowest BCUT2D eigenvalue weighted by molar-refractivity contribution is -0.136. The zero-order valence-electron chi connectivity index (χ0n) is 14.1. The summed E-state index contributed by atoms with van der Waals surface area (Å²) >= 11 is 0. The predicted molar refractivity (Wildman–Crippen MR) is 103 cm³/mol. The van der Waals surface area contributed by atoms with Crippen molar-refractivity contribution >= 4 is 36.4 Å². The maximum atomic E-state index is 12.4. The monoisotopic (exact) mass is 385 g/mol. The summed E-state index contributed by atoms with van der Waals surface area (Å²) in [4.78, 5) is 21.5. The molecular formula is C17H25Cl2N5O. The van der Waals surface area contributed by atoms with Gasteiger partial charge in [-0.25, -0.2) is 4.98 Å². The molecule has 2 aliphatic heterocycles. The predicted octanol–water partition coefficient (Wildman–Crippen LogP) is 1.43. The largest absolute Gasteiger partial charge is 0.340 e. The first-order chi connectivity index (χ1) is 11.3. The van der Waals surface area contributed by atoms with E-state index in [9.17, 15) is 4.79 Å². The maximum absolute atomic E-state index is 12.4. The van der Waals surface area contributed by atoms with E-state index in [1.807, 2.05) is 29.3 Å². The normalized spacial score (nSPS) is 21.0. The molecule has 0 aromatic carbocycles. The Labute approximate surface area is 160 Å². The van der Waals surface area contributed by atoms with Crippen LogP contribution in [0.15, 0.2) is 30.6 Å². The van der Waals surface area contributed by atoms with E-state index in [2.05, 4.69) is 25.8 Å². The van der Waals surface area contributed by atoms with E-state index in [0.717, 1.165) is 63.6 Å². The van der Waals surface area contributed by atoms with Crippen molar-refractivity contribution in [2.75, 3.05) is 39.3 Å². The maximum Gasteiger partial charge on any atom is 0.227 e. The van der Waals surface area contributed by atoms with E-state index in [1.54, 1.807) is 0 Å². The van der Waals surface area contributed by atoms with Crippen molar-refractivity contribution in [2.24, 2.45) is 5.92 Å². The van der Waals surface area contributed by atoms with Gasteiger partial charge in [0.15, 0.2) is 0 Å². The van der Waals surface area contributed by atoms with Gasteiger partial charge in [-0.3, -0.25) is 9.69 Å². The van der Waals surface area contributed by atoms with E-state index >= 15 is 0 Å². The lowest BCUT2D eigenvalue weighted by Gasteiger charge is -2.35. The molecule has 2 fully saturated rings. The number of carbonyl (C=O) groups excluding carboxylic acids is 1. The molecule has 0 radical (unpaired) electrons. The molecule has 2 aromatic rings. The van der Waals surface area contributed by atoms with Gasteiger partial charge >= 0.3 is 0 Å². The molecule has 2 aromatic heterocycles. The number of imidazole rings is 1. The van der Waals surface area contributed by atoms with E-state index in [1.165, 1.54) is 0 Å². The number of amides is 1. The lowest BCUT2D eigenvalue weighted by Crippen LogP contribution is -2.50. The third kappa shape index (κ3) is 4.44. The number of halogens is 2. The van der Waals surface area contributed by atoms with Crippen LogP contribution in [0.25, 0.3) is 5.65 Å². The summed E-state index contributed by atoms with van der Waals surface area (Å²) in [6, 6.07) is 6.05. The van der Waals surface area contributed by atoms with E-state index < -0.39 is 0 Å². The summed E-state index contributed by atoms with van der Waals surface area (Å²) in [5.74, 6) is 0.530. The first kappa shape index (κ1) is 20.0. The third-order valence-electron chi connectivity index (χ3n) is 4.89. The number of fused-ring (bicyclic) bond motifs is 1. The van der Waals surface area contributed by atoms with Gasteiger partial charge in [0.1, 0.15) is 5.65 Å². The molecule has 138 valence electrons. The molecule has 1 atom stereocenters. The van der Waals surface area contributed by atoms with Crippen molar-refractivity contribution in [1.29, 1.82) is 0 Å². The Morgan fingerprint density at radius 1 is 1.20 bits per heavy atom. The van der Waals surface area contributed by atoms with Crippen LogP contribution in [0.1, 0.15) is 12.1 Å². The average Bonchev–Trinajstić information content (AvgIpc) is 3.24. The van der Waals surface area contributed by atoms with Crippen LogP contribution in [-0.4, -0.2) is 64.4 Å². The van der Waals surface area contributed by atoms with E-state index in [-0.39, 0.29) is 30.7 Å². The zero-order valence-corrected chi connectivity index (χ0v) is 15.8. The van der Waals surface area contributed by atoms with Crippen molar-refractivity contribution in [3.63, 3.8) is 0 Å². The van der Waals surface area contributed by atoms with Gasteiger partial charge in [0.25, 0.3) is 0 Å². The molecule has 0 saturated carbocycles. The molecule has 0 bridgehead atoms. The fourth-order valence-corrected chi connectivity index (χ4v) is 3.54. The van der Waals surface area contributed by atoms with Gasteiger partial charge < -0.3 is 14.6 Å². The highest BCUT2D eigenvalue weighted by atomic mass is 35.5. The number of piperazine rings is 1. The van der Waals surface area contributed by atoms with Crippen LogP contribution < -0.4 is 5.32 Å². The summed E-state index contributed by atoms with van der Waals surface area (Å²) in [7, 11) is 0. The van der Waals surface area contributed by atoms with Gasteiger partial charge in [0.2, 0.25) is 5.91 Å². The minimum atomic E-state index is 0. The van der Waals surface area contributed by atoms with E-state index in [0.29, 0.717) is 5.91 Å². The molecule has 4 rings (SSSR count). The smallest absolute Gasteiger partial charge is 0.227 e. The zero-order chi connectivity index (χ0) is 15.6. The van der Waals surface area contributed by atoms with Gasteiger partial charge in [-0.2, -0.15) is 0 Å². The molecule has 25 heavy (non-hydrogen) atoms. The Balaban J connectivity index is 0.00000113. The summed E-state index contributed by atoms with van der Waals surface area (Å²) in [5.41, 5.74) is 2.08. The van der Waals surface area contributed by atoms with Gasteiger partial charge in [-0.1, -0.05) is 6.07 Å². The Hall–Kier alpha value is -1.34. The fraction of sp³-hybridized carbons (Fsp3) is 0.529. The number of hydrogen-bond acceptors (Lipinski definition) is 4. The van der Waals surface area contributed by atoms with Crippen molar-refractivity contribution < 1.29 is 4.79 Å². The van der Waals surface area contributed by atoms with Gasteiger partial charge in [-0.05, 0) is 25.1 Å². The first-order valence-electron chi connectivity index (χ1n) is 8.44. The second-order valence-electron chi connectivity index (χ2n) is 6.49. The molecule has 4 heterocycles. The Bertz CT molecular complexity index is 660. The standard InChI is InChI=1S/C17H23N5O.2ClH/c23-17(14-4-5-18-11-14)21-9-7-20(8-10-21)12-15-13-22-6-2-1-3-16(22)19-15;;/h1-3,6,13-14,18H,4-5,7-12H2;2*1H. The highest BCUT2D eigenvalue weighted by molar-refractivity contribution is 5.85. The molecular weight excluding hydrogens is 361 g/mol. The lowest BCUT2D eigenvalue weighted by atomic mass is 10.1. The van der Waals surface area contributed by atoms with Crippen molar-refractivity contribution in [1.82, 2.24) is 24.5 Å².